The highest BCUT2D eigenvalue weighted by Gasteiger charge is 2.25. The van der Waals surface area contributed by atoms with Gasteiger partial charge in [-0.05, 0) is 27.7 Å². The van der Waals surface area contributed by atoms with Crippen molar-refractivity contribution in [1.82, 2.24) is 0 Å². The van der Waals surface area contributed by atoms with E-state index < -0.39 is 4.32 Å². The van der Waals surface area contributed by atoms with Gasteiger partial charge in [-0.3, -0.25) is 4.79 Å². The molecule has 0 aliphatic rings. The fourth-order valence-electron chi connectivity index (χ4n) is 0.812. The van der Waals surface area contributed by atoms with E-state index in [9.17, 15) is 4.79 Å². The van der Waals surface area contributed by atoms with Crippen LogP contribution in [0.15, 0.2) is 0 Å². The minimum absolute atomic E-state index is 0.00151. The number of esters is 1. The van der Waals surface area contributed by atoms with Gasteiger partial charge in [0.2, 0.25) is 0 Å². The Hall–Kier alpha value is 0.390. The Morgan fingerprint density at radius 3 is 2.12 bits per heavy atom. The van der Waals surface area contributed by atoms with Crippen molar-refractivity contribution in [2.24, 2.45) is 0 Å². The molecule has 96 valence electrons. The monoisotopic (exact) mass is 358 g/mol. The first-order valence-corrected chi connectivity index (χ1v) is 6.84. The van der Waals surface area contributed by atoms with Gasteiger partial charge < -0.3 is 9.47 Å². The lowest BCUT2D eigenvalue weighted by molar-refractivity contribution is -0.145. The van der Waals surface area contributed by atoms with Crippen LogP contribution in [0.3, 0.4) is 0 Å². The lowest BCUT2D eigenvalue weighted by Crippen LogP contribution is -2.27. The number of hydrogen-bond donors (Lipinski definition) is 0. The number of hydrogen-bond acceptors (Lipinski definition) is 3. The second kappa shape index (κ2) is 6.97. The third-order valence-corrected chi connectivity index (χ3v) is 2.15. The van der Waals surface area contributed by atoms with E-state index in [0.29, 0.717) is 19.8 Å². The fraction of sp³-hybridized carbons (Fsp3) is 0.909. The molecule has 5 heteroatoms. The summed E-state index contributed by atoms with van der Waals surface area (Å²) in [5.74, 6) is -0.242. The molecule has 0 aliphatic heterocycles. The Morgan fingerprint density at radius 2 is 1.69 bits per heavy atom. The van der Waals surface area contributed by atoms with Crippen LogP contribution in [0.4, 0.5) is 0 Å². The largest absolute Gasteiger partial charge is 0.465 e. The predicted octanol–water partition coefficient (Wildman–Crippen LogP) is 3.28. The molecule has 0 saturated heterocycles. The second-order valence-corrected chi connectivity index (χ2v) is 8.86. The number of halogens is 2. The molecule has 0 unspecified atom stereocenters. The molecule has 0 atom stereocenters. The molecular formula is C11H20Br2O3. The van der Waals surface area contributed by atoms with Gasteiger partial charge in [0.1, 0.15) is 4.32 Å². The van der Waals surface area contributed by atoms with Crippen molar-refractivity contribution in [3.05, 3.63) is 0 Å². The molecule has 0 amide bonds. The van der Waals surface area contributed by atoms with Crippen LogP contribution in [0, 0.1) is 0 Å². The van der Waals surface area contributed by atoms with Gasteiger partial charge in [-0.25, -0.2) is 0 Å². The minimum atomic E-state index is -0.605. The Labute approximate surface area is 115 Å². The summed E-state index contributed by atoms with van der Waals surface area (Å²) in [6.45, 7) is 9.26. The summed E-state index contributed by atoms with van der Waals surface area (Å²) < 4.78 is 9.87. The summed E-state index contributed by atoms with van der Waals surface area (Å²) in [5, 5.41) is 0. The van der Waals surface area contributed by atoms with Gasteiger partial charge in [-0.15, -0.1) is 0 Å². The Bertz CT molecular complexity index is 216. The molecule has 0 fully saturated rings. The SMILES string of the molecule is CC(C)(Br)COCCCOC(=O)C(C)(C)Br. The summed E-state index contributed by atoms with van der Waals surface area (Å²) in [5.41, 5.74) is 0. The summed E-state index contributed by atoms with van der Waals surface area (Å²) >= 11 is 6.72. The van der Waals surface area contributed by atoms with Crippen LogP contribution in [0.1, 0.15) is 34.1 Å². The van der Waals surface area contributed by atoms with Crippen molar-refractivity contribution >= 4 is 37.8 Å². The zero-order chi connectivity index (χ0) is 12.8. The summed E-state index contributed by atoms with van der Waals surface area (Å²) in [7, 11) is 0. The zero-order valence-corrected chi connectivity index (χ0v) is 13.5. The van der Waals surface area contributed by atoms with Crippen molar-refractivity contribution in [3.63, 3.8) is 0 Å². The molecule has 3 nitrogen and oxygen atoms in total. The molecule has 0 heterocycles. The summed E-state index contributed by atoms with van der Waals surface area (Å²) in [6.07, 6.45) is 0.720. The maximum Gasteiger partial charge on any atom is 0.322 e. The highest BCUT2D eigenvalue weighted by atomic mass is 79.9. The zero-order valence-electron chi connectivity index (χ0n) is 10.3. The molecule has 0 aromatic rings. The Kier molecular flexibility index (Phi) is 7.14. The Morgan fingerprint density at radius 1 is 1.12 bits per heavy atom. The summed E-state index contributed by atoms with van der Waals surface area (Å²) in [6, 6.07) is 0. The average molecular weight is 360 g/mol. The van der Waals surface area contributed by atoms with Crippen LogP contribution >= 0.6 is 31.9 Å². The van der Waals surface area contributed by atoms with E-state index in [1.54, 1.807) is 13.8 Å². The normalized spacial score (nSPS) is 12.6. The van der Waals surface area contributed by atoms with E-state index in [2.05, 4.69) is 31.9 Å². The predicted molar refractivity (Wildman–Crippen MR) is 72.4 cm³/mol. The maximum atomic E-state index is 11.3. The first kappa shape index (κ1) is 16.4. The topological polar surface area (TPSA) is 35.5 Å². The van der Waals surface area contributed by atoms with Crippen LogP contribution in [0.2, 0.25) is 0 Å². The molecular weight excluding hydrogens is 340 g/mol. The highest BCUT2D eigenvalue weighted by Crippen LogP contribution is 2.17. The molecule has 0 aliphatic carbocycles. The van der Waals surface area contributed by atoms with E-state index in [1.165, 1.54) is 0 Å². The van der Waals surface area contributed by atoms with Crippen molar-refractivity contribution in [2.45, 2.75) is 42.8 Å². The van der Waals surface area contributed by atoms with Crippen molar-refractivity contribution in [1.29, 1.82) is 0 Å². The first-order chi connectivity index (χ1) is 7.13. The quantitative estimate of drug-likeness (QED) is 0.397. The van der Waals surface area contributed by atoms with Gasteiger partial charge in [0.05, 0.1) is 13.2 Å². The Balaban J connectivity index is 3.45. The summed E-state index contributed by atoms with van der Waals surface area (Å²) in [4.78, 5) is 11.3. The molecule has 0 spiro atoms. The maximum absolute atomic E-state index is 11.3. The molecule has 0 saturated carbocycles. The lowest BCUT2D eigenvalue weighted by atomic mass is 10.2. The third kappa shape index (κ3) is 9.60. The molecule has 0 bridgehead atoms. The molecule has 0 N–H and O–H groups in total. The van der Waals surface area contributed by atoms with Crippen molar-refractivity contribution < 1.29 is 14.3 Å². The van der Waals surface area contributed by atoms with Gasteiger partial charge in [0.25, 0.3) is 0 Å². The van der Waals surface area contributed by atoms with Gasteiger partial charge >= 0.3 is 5.97 Å². The number of rotatable bonds is 7. The standard InChI is InChI=1S/C11H20Br2O3/c1-10(2,12)8-15-6-5-7-16-9(14)11(3,4)13/h5-8H2,1-4H3. The first-order valence-electron chi connectivity index (χ1n) is 5.26. The van der Waals surface area contributed by atoms with Crippen LogP contribution in [0.5, 0.6) is 0 Å². The highest BCUT2D eigenvalue weighted by molar-refractivity contribution is 9.10. The van der Waals surface area contributed by atoms with Crippen LogP contribution in [-0.4, -0.2) is 34.4 Å². The number of ether oxygens (including phenoxy) is 2. The van der Waals surface area contributed by atoms with E-state index in [4.69, 9.17) is 9.47 Å². The molecule has 0 aromatic heterocycles. The van der Waals surface area contributed by atoms with Crippen molar-refractivity contribution in [2.75, 3.05) is 19.8 Å². The van der Waals surface area contributed by atoms with Gasteiger partial charge in [-0.2, -0.15) is 0 Å². The van der Waals surface area contributed by atoms with Gasteiger partial charge in [-0.1, -0.05) is 31.9 Å². The van der Waals surface area contributed by atoms with Crippen LogP contribution < -0.4 is 0 Å². The molecule has 0 radical (unpaired) electrons. The third-order valence-electron chi connectivity index (χ3n) is 1.60. The van der Waals surface area contributed by atoms with Gasteiger partial charge in [0.15, 0.2) is 0 Å². The lowest BCUT2D eigenvalue weighted by Gasteiger charge is -2.17. The van der Waals surface area contributed by atoms with E-state index >= 15 is 0 Å². The van der Waals surface area contributed by atoms with E-state index in [0.717, 1.165) is 6.42 Å². The average Bonchev–Trinajstić information content (AvgIpc) is 2.07. The van der Waals surface area contributed by atoms with E-state index in [-0.39, 0.29) is 10.3 Å². The van der Waals surface area contributed by atoms with Crippen LogP contribution in [-0.2, 0) is 14.3 Å². The smallest absolute Gasteiger partial charge is 0.322 e. The van der Waals surface area contributed by atoms with Gasteiger partial charge in [0, 0.05) is 17.4 Å². The fourth-order valence-corrected chi connectivity index (χ4v) is 1.09. The molecule has 0 rings (SSSR count). The van der Waals surface area contributed by atoms with E-state index in [1.807, 2.05) is 13.8 Å². The minimum Gasteiger partial charge on any atom is -0.465 e. The van der Waals surface area contributed by atoms with Crippen molar-refractivity contribution in [3.8, 4) is 0 Å². The number of carbonyl (C=O) groups excluding carboxylic acids is 1. The number of carbonyl (C=O) groups is 1. The number of alkyl halides is 2. The molecule has 0 aromatic carbocycles. The molecule has 16 heavy (non-hydrogen) atoms. The van der Waals surface area contributed by atoms with Crippen LogP contribution in [0.25, 0.3) is 0 Å². The second-order valence-electron chi connectivity index (χ2n) is 4.73.